The maximum Gasteiger partial charge on any atom is 0.407 e. The average molecular weight is 673 g/mol. The predicted octanol–water partition coefficient (Wildman–Crippen LogP) is 8.91. The number of nitrogens with one attached hydrogen (secondary N) is 2. The van der Waals surface area contributed by atoms with Crippen LogP contribution in [0, 0.1) is 5.82 Å². The van der Waals surface area contributed by atoms with Gasteiger partial charge in [0.25, 0.3) is 0 Å². The molecule has 0 aliphatic rings. The number of aryl methyl sites for hydroxylation is 1. The van der Waals surface area contributed by atoms with Crippen molar-refractivity contribution in [3.8, 4) is 16.9 Å². The molecule has 2 N–H and O–H groups in total. The number of fused-ring (bicyclic) bond motifs is 1. The zero-order valence-electron chi connectivity index (χ0n) is 27.6. The quantitative estimate of drug-likeness (QED) is 0.116. The highest BCUT2D eigenvalue weighted by Gasteiger charge is 2.16. The number of aromatic amines is 1. The molecular formula is C38H42ClFN4O4. The van der Waals surface area contributed by atoms with E-state index in [0.29, 0.717) is 47.4 Å². The SMILES string of the molecule is CCC[C@H](CC)OCc1ccc(-n2cc3cc(-c4cc(CCC[C@H](C)NC(=O)OCc5ccccc5)cc(Cl)c4F)[nH]c3nc2=O)cc1. The zero-order chi connectivity index (χ0) is 34.0. The van der Waals surface area contributed by atoms with Gasteiger partial charge < -0.3 is 19.8 Å². The fourth-order valence-electron chi connectivity index (χ4n) is 5.65. The van der Waals surface area contributed by atoms with Gasteiger partial charge in [-0.25, -0.2) is 14.0 Å². The second-order valence-electron chi connectivity index (χ2n) is 12.1. The van der Waals surface area contributed by atoms with Gasteiger partial charge in [0.05, 0.1) is 29.1 Å². The van der Waals surface area contributed by atoms with Crippen molar-refractivity contribution in [2.24, 2.45) is 0 Å². The summed E-state index contributed by atoms with van der Waals surface area (Å²) in [5.74, 6) is -0.555. The number of carbonyl (C=O) groups excluding carboxylic acids is 1. The van der Waals surface area contributed by atoms with Crippen LogP contribution in [0.4, 0.5) is 9.18 Å². The van der Waals surface area contributed by atoms with E-state index < -0.39 is 17.6 Å². The minimum absolute atomic E-state index is 0.00776. The van der Waals surface area contributed by atoms with E-state index in [9.17, 15) is 9.59 Å². The van der Waals surface area contributed by atoms with Gasteiger partial charge in [0.15, 0.2) is 5.82 Å². The summed E-state index contributed by atoms with van der Waals surface area (Å²) in [5, 5.41) is 3.52. The monoisotopic (exact) mass is 672 g/mol. The molecular weight excluding hydrogens is 631 g/mol. The lowest BCUT2D eigenvalue weighted by atomic mass is 10.0. The maximum atomic E-state index is 15.3. The van der Waals surface area contributed by atoms with E-state index in [4.69, 9.17) is 21.1 Å². The molecule has 0 aliphatic heterocycles. The Morgan fingerprint density at radius 2 is 1.75 bits per heavy atom. The van der Waals surface area contributed by atoms with Crippen molar-refractivity contribution in [2.75, 3.05) is 0 Å². The Bertz CT molecular complexity index is 1870. The summed E-state index contributed by atoms with van der Waals surface area (Å²) in [4.78, 5) is 32.5. The number of H-pyrrole nitrogens is 1. The van der Waals surface area contributed by atoms with Crippen molar-refractivity contribution < 1.29 is 18.7 Å². The van der Waals surface area contributed by atoms with Crippen LogP contribution in [0.15, 0.2) is 83.8 Å². The third-order valence-electron chi connectivity index (χ3n) is 8.33. The lowest BCUT2D eigenvalue weighted by Crippen LogP contribution is -2.33. The summed E-state index contributed by atoms with van der Waals surface area (Å²) in [7, 11) is 0. The third-order valence-corrected chi connectivity index (χ3v) is 8.61. The highest BCUT2D eigenvalue weighted by molar-refractivity contribution is 6.31. The van der Waals surface area contributed by atoms with Crippen LogP contribution in [0.1, 0.15) is 69.6 Å². The van der Waals surface area contributed by atoms with Crippen LogP contribution in [0.3, 0.4) is 0 Å². The van der Waals surface area contributed by atoms with E-state index in [1.54, 1.807) is 24.4 Å². The summed E-state index contributed by atoms with van der Waals surface area (Å²) < 4.78 is 28.1. The highest BCUT2D eigenvalue weighted by Crippen LogP contribution is 2.31. The first-order valence-corrected chi connectivity index (χ1v) is 16.9. The van der Waals surface area contributed by atoms with Gasteiger partial charge in [0.2, 0.25) is 0 Å². The number of halogens is 2. The molecule has 5 rings (SSSR count). The van der Waals surface area contributed by atoms with Gasteiger partial charge in [0.1, 0.15) is 12.3 Å². The zero-order valence-corrected chi connectivity index (χ0v) is 28.4. The second kappa shape index (κ2) is 16.6. The van der Waals surface area contributed by atoms with E-state index in [1.807, 2.05) is 61.5 Å². The lowest BCUT2D eigenvalue weighted by Gasteiger charge is -2.15. The number of nitrogens with zero attached hydrogens (tertiary/aromatic N) is 2. The molecule has 0 fully saturated rings. The summed E-state index contributed by atoms with van der Waals surface area (Å²) in [5.41, 5.74) is 4.14. The van der Waals surface area contributed by atoms with Crippen LogP contribution in [-0.2, 0) is 29.1 Å². The minimum atomic E-state index is -0.555. The fraction of sp³-hybridized carbons (Fsp3) is 0.342. The van der Waals surface area contributed by atoms with E-state index in [-0.39, 0.29) is 23.8 Å². The average Bonchev–Trinajstić information content (AvgIpc) is 3.50. The molecule has 0 saturated heterocycles. The Labute approximate surface area is 285 Å². The standard InChI is InChI=1S/C38H42ClFN4O4/c1-4-10-31(5-2)47-23-27-15-17-30(18-16-27)44-22-29-21-34(42-36(29)43-37(44)45)32-19-28(20-33(39)35(32)40)14-9-11-25(3)41-38(46)48-24-26-12-7-6-8-13-26/h6-8,12-13,15-22,25,31H,4-5,9-11,14,23-24H2,1-3H3,(H,41,46)(H,42,43,45)/t25-,31-/m0/s1. The van der Waals surface area contributed by atoms with Crippen molar-refractivity contribution >= 4 is 28.7 Å². The summed E-state index contributed by atoms with van der Waals surface area (Å²) in [6.07, 6.45) is 6.60. The van der Waals surface area contributed by atoms with Crippen LogP contribution < -0.4 is 11.0 Å². The first kappa shape index (κ1) is 34.9. The molecule has 252 valence electrons. The highest BCUT2D eigenvalue weighted by atomic mass is 35.5. The first-order valence-electron chi connectivity index (χ1n) is 16.5. The number of rotatable bonds is 15. The van der Waals surface area contributed by atoms with Gasteiger partial charge in [-0.15, -0.1) is 0 Å². The van der Waals surface area contributed by atoms with E-state index in [1.165, 1.54) is 4.57 Å². The van der Waals surface area contributed by atoms with Gasteiger partial charge in [0, 0.05) is 23.2 Å². The Hall–Kier alpha value is -4.47. The molecule has 2 heterocycles. The van der Waals surface area contributed by atoms with Crippen molar-refractivity contribution in [1.82, 2.24) is 19.9 Å². The van der Waals surface area contributed by atoms with Gasteiger partial charge >= 0.3 is 11.8 Å². The predicted molar refractivity (Wildman–Crippen MR) is 188 cm³/mol. The number of alkyl carbamates (subject to hydrolysis) is 1. The van der Waals surface area contributed by atoms with Gasteiger partial charge in [-0.2, -0.15) is 4.98 Å². The molecule has 0 aliphatic carbocycles. The number of carbonyl (C=O) groups is 1. The molecule has 0 bridgehead atoms. The molecule has 8 nitrogen and oxygen atoms in total. The third kappa shape index (κ3) is 9.11. The molecule has 0 saturated carbocycles. The normalized spacial score (nSPS) is 12.6. The fourth-order valence-corrected chi connectivity index (χ4v) is 5.90. The number of aromatic nitrogens is 3. The summed E-state index contributed by atoms with van der Waals surface area (Å²) in [6.45, 7) is 6.91. The van der Waals surface area contributed by atoms with E-state index in [0.717, 1.165) is 42.4 Å². The topological polar surface area (TPSA) is 98.2 Å². The first-order chi connectivity index (χ1) is 23.2. The minimum Gasteiger partial charge on any atom is -0.445 e. The van der Waals surface area contributed by atoms with Crippen LogP contribution in [0.25, 0.3) is 28.0 Å². The van der Waals surface area contributed by atoms with Crippen molar-refractivity contribution in [1.29, 1.82) is 0 Å². The number of benzene rings is 3. The van der Waals surface area contributed by atoms with Crippen LogP contribution >= 0.6 is 11.6 Å². The molecule has 1 amide bonds. The molecule has 2 aromatic heterocycles. The van der Waals surface area contributed by atoms with E-state index in [2.05, 4.69) is 29.1 Å². The Morgan fingerprint density at radius 3 is 2.48 bits per heavy atom. The maximum absolute atomic E-state index is 15.3. The Kier molecular flexibility index (Phi) is 12.0. The molecule has 3 aromatic carbocycles. The van der Waals surface area contributed by atoms with Crippen molar-refractivity contribution in [2.45, 2.75) is 84.7 Å². The van der Waals surface area contributed by atoms with Gasteiger partial charge in [-0.3, -0.25) is 4.57 Å². The molecule has 5 aromatic rings. The molecule has 10 heteroatoms. The second-order valence-corrected chi connectivity index (χ2v) is 12.5. The van der Waals surface area contributed by atoms with Gasteiger partial charge in [-0.1, -0.05) is 74.3 Å². The van der Waals surface area contributed by atoms with Gasteiger partial charge in [-0.05, 0) is 86.1 Å². The molecule has 48 heavy (non-hydrogen) atoms. The Morgan fingerprint density at radius 1 is 1.00 bits per heavy atom. The lowest BCUT2D eigenvalue weighted by molar-refractivity contribution is 0.0322. The van der Waals surface area contributed by atoms with Crippen LogP contribution in [0.5, 0.6) is 0 Å². The van der Waals surface area contributed by atoms with E-state index >= 15 is 4.39 Å². The molecule has 0 radical (unpaired) electrons. The summed E-state index contributed by atoms with van der Waals surface area (Å²) in [6, 6.07) is 22.2. The smallest absolute Gasteiger partial charge is 0.407 e. The summed E-state index contributed by atoms with van der Waals surface area (Å²) >= 11 is 6.33. The largest absolute Gasteiger partial charge is 0.445 e. The molecule has 2 atom stereocenters. The van der Waals surface area contributed by atoms with Crippen molar-refractivity contribution in [3.63, 3.8) is 0 Å². The number of ether oxygens (including phenoxy) is 2. The van der Waals surface area contributed by atoms with Crippen LogP contribution in [0.2, 0.25) is 5.02 Å². The number of amides is 1. The van der Waals surface area contributed by atoms with Crippen LogP contribution in [-0.4, -0.2) is 32.8 Å². The van der Waals surface area contributed by atoms with Crippen molar-refractivity contribution in [3.05, 3.63) is 117 Å². The molecule has 0 unspecified atom stereocenters. The Balaban J connectivity index is 1.23. The number of hydrogen-bond donors (Lipinski definition) is 2. The molecule has 0 spiro atoms. The number of hydrogen-bond acceptors (Lipinski definition) is 5.